The average Bonchev–Trinajstić information content (AvgIpc) is 2.73. The van der Waals surface area contributed by atoms with Crippen molar-refractivity contribution in [2.75, 3.05) is 0 Å². The highest BCUT2D eigenvalue weighted by Crippen LogP contribution is 2.29. The van der Waals surface area contributed by atoms with Crippen LogP contribution in [0.4, 0.5) is 0 Å². The summed E-state index contributed by atoms with van der Waals surface area (Å²) in [6, 6.07) is 21.3. The van der Waals surface area contributed by atoms with E-state index in [2.05, 4.69) is 41.7 Å². The van der Waals surface area contributed by atoms with Crippen molar-refractivity contribution in [1.82, 2.24) is 5.32 Å². The van der Waals surface area contributed by atoms with Crippen LogP contribution in [0.2, 0.25) is 5.02 Å². The molecule has 2 nitrogen and oxygen atoms in total. The Morgan fingerprint density at radius 3 is 2.48 bits per heavy atom. The lowest BCUT2D eigenvalue weighted by molar-refractivity contribution is 0.300. The minimum absolute atomic E-state index is 0.548. The van der Waals surface area contributed by atoms with Gasteiger partial charge >= 0.3 is 0 Å². The third kappa shape index (κ3) is 4.63. The molecule has 0 aliphatic heterocycles. The number of ether oxygens (including phenoxy) is 1. The molecule has 4 rings (SSSR count). The van der Waals surface area contributed by atoms with Crippen LogP contribution in [0.3, 0.4) is 0 Å². The standard InChI is InChI=1S/C24H26ClNO/c25-20-13-10-18(11-14-20)17-27-24-15-12-19-6-4-5-9-22(19)23(24)16-26-21-7-2-1-3-8-21/h4-6,9-15,21,26H,1-3,7-8,16-17H2. The van der Waals surface area contributed by atoms with Crippen molar-refractivity contribution in [2.45, 2.75) is 51.3 Å². The third-order valence-corrected chi connectivity index (χ3v) is 5.73. The lowest BCUT2D eigenvalue weighted by Crippen LogP contribution is -2.30. The second kappa shape index (κ2) is 8.77. The van der Waals surface area contributed by atoms with Gasteiger partial charge in [-0.3, -0.25) is 0 Å². The van der Waals surface area contributed by atoms with Crippen molar-refractivity contribution >= 4 is 22.4 Å². The second-order valence-electron chi connectivity index (χ2n) is 7.39. The molecule has 0 unspecified atom stereocenters. The van der Waals surface area contributed by atoms with E-state index in [0.717, 1.165) is 22.9 Å². The van der Waals surface area contributed by atoms with Gasteiger partial charge in [0.05, 0.1) is 0 Å². The average molecular weight is 380 g/mol. The fourth-order valence-corrected chi connectivity index (χ4v) is 4.05. The zero-order chi connectivity index (χ0) is 18.5. The highest BCUT2D eigenvalue weighted by atomic mass is 35.5. The molecule has 0 bridgehead atoms. The van der Waals surface area contributed by atoms with E-state index >= 15 is 0 Å². The van der Waals surface area contributed by atoms with Crippen LogP contribution in [0.25, 0.3) is 10.8 Å². The Hall–Kier alpha value is -2.03. The lowest BCUT2D eigenvalue weighted by atomic mass is 9.95. The molecule has 0 spiro atoms. The first kappa shape index (κ1) is 18.3. The molecule has 1 fully saturated rings. The fourth-order valence-electron chi connectivity index (χ4n) is 3.93. The number of rotatable bonds is 6. The third-order valence-electron chi connectivity index (χ3n) is 5.48. The molecule has 140 valence electrons. The van der Waals surface area contributed by atoms with Crippen LogP contribution in [0.5, 0.6) is 5.75 Å². The Kier molecular flexibility index (Phi) is 5.96. The summed E-state index contributed by atoms with van der Waals surface area (Å²) >= 11 is 5.99. The highest BCUT2D eigenvalue weighted by molar-refractivity contribution is 6.30. The number of nitrogens with one attached hydrogen (secondary N) is 1. The van der Waals surface area contributed by atoms with Gasteiger partial charge in [0, 0.05) is 23.2 Å². The maximum atomic E-state index is 6.23. The van der Waals surface area contributed by atoms with Crippen LogP contribution in [0.1, 0.15) is 43.2 Å². The maximum absolute atomic E-state index is 6.23. The fraction of sp³-hybridized carbons (Fsp3) is 0.333. The van der Waals surface area contributed by atoms with Gasteiger partial charge in [-0.05, 0) is 47.4 Å². The Labute approximate surface area is 166 Å². The van der Waals surface area contributed by atoms with Gasteiger partial charge in [-0.1, -0.05) is 73.3 Å². The predicted molar refractivity (Wildman–Crippen MR) is 113 cm³/mol. The van der Waals surface area contributed by atoms with Gasteiger partial charge in [0.25, 0.3) is 0 Å². The summed E-state index contributed by atoms with van der Waals surface area (Å²) < 4.78 is 6.23. The molecule has 27 heavy (non-hydrogen) atoms. The number of hydrogen-bond acceptors (Lipinski definition) is 2. The van der Waals surface area contributed by atoms with Gasteiger partial charge in [0.1, 0.15) is 12.4 Å². The first-order valence-electron chi connectivity index (χ1n) is 9.91. The molecule has 0 atom stereocenters. The molecule has 0 aromatic heterocycles. The van der Waals surface area contributed by atoms with Gasteiger partial charge in [0.15, 0.2) is 0 Å². The zero-order valence-corrected chi connectivity index (χ0v) is 16.3. The molecule has 0 radical (unpaired) electrons. The molecule has 3 heteroatoms. The summed E-state index contributed by atoms with van der Waals surface area (Å²) in [6.45, 7) is 1.40. The second-order valence-corrected chi connectivity index (χ2v) is 7.83. The summed E-state index contributed by atoms with van der Waals surface area (Å²) in [4.78, 5) is 0. The quantitative estimate of drug-likeness (QED) is 0.528. The maximum Gasteiger partial charge on any atom is 0.124 e. The molecule has 3 aromatic carbocycles. The van der Waals surface area contributed by atoms with Gasteiger partial charge in [-0.25, -0.2) is 0 Å². The van der Waals surface area contributed by atoms with Crippen molar-refractivity contribution in [1.29, 1.82) is 0 Å². The smallest absolute Gasteiger partial charge is 0.124 e. The minimum atomic E-state index is 0.548. The molecule has 0 saturated heterocycles. The van der Waals surface area contributed by atoms with Crippen molar-refractivity contribution in [3.63, 3.8) is 0 Å². The van der Waals surface area contributed by atoms with Crippen LogP contribution < -0.4 is 10.1 Å². The Bertz CT molecular complexity index is 885. The molecule has 3 aromatic rings. The first-order chi connectivity index (χ1) is 13.3. The number of benzene rings is 3. The highest BCUT2D eigenvalue weighted by Gasteiger charge is 2.15. The molecule has 0 amide bonds. The van der Waals surface area contributed by atoms with Crippen LogP contribution in [-0.2, 0) is 13.2 Å². The normalized spacial score (nSPS) is 15.1. The van der Waals surface area contributed by atoms with Crippen LogP contribution in [0.15, 0.2) is 60.7 Å². The number of halogens is 1. The zero-order valence-electron chi connectivity index (χ0n) is 15.6. The molecular weight excluding hydrogens is 354 g/mol. The van der Waals surface area contributed by atoms with E-state index in [1.807, 2.05) is 24.3 Å². The van der Waals surface area contributed by atoms with E-state index in [0.29, 0.717) is 12.6 Å². The van der Waals surface area contributed by atoms with Crippen LogP contribution >= 0.6 is 11.6 Å². The largest absolute Gasteiger partial charge is 0.489 e. The van der Waals surface area contributed by atoms with Crippen LogP contribution in [0, 0.1) is 0 Å². The molecule has 1 aliphatic rings. The summed E-state index contributed by atoms with van der Waals surface area (Å²) in [5, 5.41) is 7.06. The number of fused-ring (bicyclic) bond motifs is 1. The lowest BCUT2D eigenvalue weighted by Gasteiger charge is -2.24. The van der Waals surface area contributed by atoms with E-state index < -0.39 is 0 Å². The van der Waals surface area contributed by atoms with E-state index in [-0.39, 0.29) is 0 Å². The van der Waals surface area contributed by atoms with E-state index in [9.17, 15) is 0 Å². The molecule has 1 aliphatic carbocycles. The minimum Gasteiger partial charge on any atom is -0.489 e. The van der Waals surface area contributed by atoms with Crippen molar-refractivity contribution < 1.29 is 4.74 Å². The van der Waals surface area contributed by atoms with Gasteiger partial charge < -0.3 is 10.1 Å². The molecular formula is C24H26ClNO. The van der Waals surface area contributed by atoms with Gasteiger partial charge in [0.2, 0.25) is 0 Å². The van der Waals surface area contributed by atoms with Gasteiger partial charge in [-0.2, -0.15) is 0 Å². The summed E-state index contributed by atoms with van der Waals surface area (Å²) in [6.07, 6.45) is 6.62. The first-order valence-corrected chi connectivity index (χ1v) is 10.3. The van der Waals surface area contributed by atoms with Crippen molar-refractivity contribution in [3.8, 4) is 5.75 Å². The summed E-state index contributed by atoms with van der Waals surface area (Å²) in [7, 11) is 0. The van der Waals surface area contributed by atoms with Crippen molar-refractivity contribution in [2.24, 2.45) is 0 Å². The number of hydrogen-bond donors (Lipinski definition) is 1. The van der Waals surface area contributed by atoms with E-state index in [1.165, 1.54) is 48.4 Å². The van der Waals surface area contributed by atoms with E-state index in [1.54, 1.807) is 0 Å². The monoisotopic (exact) mass is 379 g/mol. The Morgan fingerprint density at radius 2 is 1.67 bits per heavy atom. The SMILES string of the molecule is Clc1ccc(COc2ccc3ccccc3c2CNC2CCCCC2)cc1. The summed E-state index contributed by atoms with van der Waals surface area (Å²) in [5.74, 6) is 0.965. The molecule has 1 saturated carbocycles. The topological polar surface area (TPSA) is 21.3 Å². The molecule has 1 N–H and O–H groups in total. The van der Waals surface area contributed by atoms with Crippen LogP contribution in [-0.4, -0.2) is 6.04 Å². The Morgan fingerprint density at radius 1 is 0.889 bits per heavy atom. The molecule has 0 heterocycles. The van der Waals surface area contributed by atoms with Gasteiger partial charge in [-0.15, -0.1) is 0 Å². The van der Waals surface area contributed by atoms with E-state index in [4.69, 9.17) is 16.3 Å². The van der Waals surface area contributed by atoms with Crippen molar-refractivity contribution in [3.05, 3.63) is 76.8 Å². The summed E-state index contributed by atoms with van der Waals surface area (Å²) in [5.41, 5.74) is 2.38. The predicted octanol–water partition coefficient (Wildman–Crippen LogP) is 6.49. The Balaban J connectivity index is 1.55.